The van der Waals surface area contributed by atoms with Crippen LogP contribution in [0.15, 0.2) is 24.4 Å². The monoisotopic (exact) mass is 253 g/mol. The van der Waals surface area contributed by atoms with Gasteiger partial charge in [-0.3, -0.25) is 0 Å². The van der Waals surface area contributed by atoms with Crippen LogP contribution in [0.4, 0.5) is 0 Å². The van der Waals surface area contributed by atoms with Gasteiger partial charge in [0.05, 0.1) is 23.9 Å². The summed E-state index contributed by atoms with van der Waals surface area (Å²) in [5.41, 5.74) is 3.67. The highest BCUT2D eigenvalue weighted by molar-refractivity contribution is 5.59. The van der Waals surface area contributed by atoms with E-state index in [1.54, 1.807) is 0 Å². The van der Waals surface area contributed by atoms with Crippen molar-refractivity contribution in [1.29, 1.82) is 5.26 Å². The number of rotatable bonds is 2. The summed E-state index contributed by atoms with van der Waals surface area (Å²) in [4.78, 5) is 0. The molecule has 2 aromatic rings. The van der Waals surface area contributed by atoms with Crippen LogP contribution >= 0.6 is 0 Å². The molecule has 0 radical (unpaired) electrons. The molecule has 4 heteroatoms. The second-order valence-electron chi connectivity index (χ2n) is 4.99. The van der Waals surface area contributed by atoms with Crippen LogP contribution in [0, 0.1) is 11.3 Å². The normalized spacial score (nSPS) is 13.2. The summed E-state index contributed by atoms with van der Waals surface area (Å²) in [5.74, 6) is 1.20. The molecular weight excluding hydrogens is 238 g/mol. The predicted molar refractivity (Wildman–Crippen MR) is 71.6 cm³/mol. The molecule has 1 aliphatic rings. The first-order chi connectivity index (χ1) is 9.20. The molecule has 1 aromatic heterocycles. The van der Waals surface area contributed by atoms with E-state index in [0.29, 0.717) is 18.1 Å². The molecule has 0 atom stereocenters. The number of benzene rings is 1. The van der Waals surface area contributed by atoms with Crippen LogP contribution in [0.2, 0.25) is 0 Å². The molecule has 0 bridgehead atoms. The van der Waals surface area contributed by atoms with Crippen LogP contribution in [-0.2, 0) is 6.42 Å². The van der Waals surface area contributed by atoms with E-state index in [1.165, 1.54) is 0 Å². The third-order valence-electron chi connectivity index (χ3n) is 3.41. The summed E-state index contributed by atoms with van der Waals surface area (Å²) in [7, 11) is 0. The summed E-state index contributed by atoms with van der Waals surface area (Å²) >= 11 is 0. The standard InChI is InChI=1S/C15H15N3O/c1-10(2)13-5-7-18(17-13)14-4-3-11(9-16)12-6-8-19-15(12)14/h3-5,7,10H,6,8H2,1-2H3. The van der Waals surface area contributed by atoms with Crippen molar-refractivity contribution in [3.05, 3.63) is 41.2 Å². The number of hydrogen-bond acceptors (Lipinski definition) is 3. The maximum absolute atomic E-state index is 9.11. The van der Waals surface area contributed by atoms with Gasteiger partial charge in [-0.2, -0.15) is 10.4 Å². The lowest BCUT2D eigenvalue weighted by Crippen LogP contribution is -2.00. The second kappa shape index (κ2) is 4.43. The fraction of sp³-hybridized carbons (Fsp3) is 0.333. The summed E-state index contributed by atoms with van der Waals surface area (Å²) in [5, 5.41) is 13.7. The Kier molecular flexibility index (Phi) is 2.75. The second-order valence-corrected chi connectivity index (χ2v) is 4.99. The highest BCUT2D eigenvalue weighted by Crippen LogP contribution is 2.34. The molecule has 1 aromatic carbocycles. The Hall–Kier alpha value is -2.28. The largest absolute Gasteiger partial charge is 0.491 e. The summed E-state index contributed by atoms with van der Waals surface area (Å²) in [6.45, 7) is 4.87. The van der Waals surface area contributed by atoms with E-state index in [9.17, 15) is 0 Å². The molecule has 2 heterocycles. The van der Waals surface area contributed by atoms with Gasteiger partial charge in [-0.15, -0.1) is 0 Å². The Labute approximate surface area is 112 Å². The molecule has 0 fully saturated rings. The number of hydrogen-bond donors (Lipinski definition) is 0. The van der Waals surface area contributed by atoms with E-state index in [2.05, 4.69) is 25.0 Å². The lowest BCUT2D eigenvalue weighted by Gasteiger charge is -2.09. The molecule has 3 rings (SSSR count). The van der Waals surface area contributed by atoms with Crippen molar-refractivity contribution in [2.45, 2.75) is 26.2 Å². The number of ether oxygens (including phenoxy) is 1. The molecule has 0 N–H and O–H groups in total. The zero-order valence-corrected chi connectivity index (χ0v) is 11.1. The molecule has 0 saturated carbocycles. The molecule has 19 heavy (non-hydrogen) atoms. The van der Waals surface area contributed by atoms with E-state index in [4.69, 9.17) is 10.00 Å². The fourth-order valence-corrected chi connectivity index (χ4v) is 2.35. The van der Waals surface area contributed by atoms with Crippen LogP contribution in [0.1, 0.15) is 36.6 Å². The smallest absolute Gasteiger partial charge is 0.149 e. The first-order valence-electron chi connectivity index (χ1n) is 6.45. The summed E-state index contributed by atoms with van der Waals surface area (Å²) < 4.78 is 7.52. The highest BCUT2D eigenvalue weighted by Gasteiger charge is 2.21. The summed E-state index contributed by atoms with van der Waals surface area (Å²) in [6.07, 6.45) is 2.74. The van der Waals surface area contributed by atoms with Gasteiger partial charge in [0.1, 0.15) is 11.4 Å². The van der Waals surface area contributed by atoms with Gasteiger partial charge in [0.25, 0.3) is 0 Å². The van der Waals surface area contributed by atoms with E-state index >= 15 is 0 Å². The molecule has 0 saturated heterocycles. The van der Waals surface area contributed by atoms with Crippen LogP contribution in [0.5, 0.6) is 5.75 Å². The average Bonchev–Trinajstić information content (AvgIpc) is 3.06. The minimum atomic E-state index is 0.397. The molecule has 4 nitrogen and oxygen atoms in total. The van der Waals surface area contributed by atoms with Crippen molar-refractivity contribution < 1.29 is 4.74 Å². The Morgan fingerprint density at radius 1 is 1.37 bits per heavy atom. The Morgan fingerprint density at radius 3 is 2.89 bits per heavy atom. The van der Waals surface area contributed by atoms with Gasteiger partial charge in [-0.05, 0) is 24.1 Å². The molecule has 0 aliphatic carbocycles. The zero-order valence-electron chi connectivity index (χ0n) is 11.1. The molecular formula is C15H15N3O. The lowest BCUT2D eigenvalue weighted by atomic mass is 10.1. The Morgan fingerprint density at radius 2 is 2.21 bits per heavy atom. The van der Waals surface area contributed by atoms with Crippen LogP contribution < -0.4 is 4.74 Å². The van der Waals surface area contributed by atoms with E-state index < -0.39 is 0 Å². The van der Waals surface area contributed by atoms with Gasteiger partial charge in [0.15, 0.2) is 0 Å². The van der Waals surface area contributed by atoms with Crippen LogP contribution in [-0.4, -0.2) is 16.4 Å². The van der Waals surface area contributed by atoms with Crippen molar-refractivity contribution in [3.63, 3.8) is 0 Å². The number of fused-ring (bicyclic) bond motifs is 1. The van der Waals surface area contributed by atoms with E-state index in [0.717, 1.165) is 29.1 Å². The molecule has 0 amide bonds. The third-order valence-corrected chi connectivity index (χ3v) is 3.41. The Balaban J connectivity index is 2.11. The van der Waals surface area contributed by atoms with Gasteiger partial charge in [0, 0.05) is 18.2 Å². The highest BCUT2D eigenvalue weighted by atomic mass is 16.5. The van der Waals surface area contributed by atoms with Crippen LogP contribution in [0.3, 0.4) is 0 Å². The van der Waals surface area contributed by atoms with Crippen molar-refractivity contribution >= 4 is 0 Å². The maximum atomic E-state index is 9.11. The van der Waals surface area contributed by atoms with Crippen LogP contribution in [0.25, 0.3) is 5.69 Å². The minimum Gasteiger partial charge on any atom is -0.491 e. The number of nitrogens with zero attached hydrogens (tertiary/aromatic N) is 3. The number of aromatic nitrogens is 2. The summed E-state index contributed by atoms with van der Waals surface area (Å²) in [6, 6.07) is 7.99. The third kappa shape index (κ3) is 1.88. The molecule has 1 aliphatic heterocycles. The first-order valence-corrected chi connectivity index (χ1v) is 6.45. The van der Waals surface area contributed by atoms with Crippen molar-refractivity contribution in [2.24, 2.45) is 0 Å². The van der Waals surface area contributed by atoms with Crippen molar-refractivity contribution in [2.75, 3.05) is 6.61 Å². The first kappa shape index (κ1) is 11.8. The average molecular weight is 253 g/mol. The van der Waals surface area contributed by atoms with Crippen molar-refractivity contribution in [1.82, 2.24) is 9.78 Å². The minimum absolute atomic E-state index is 0.397. The van der Waals surface area contributed by atoms with Gasteiger partial charge >= 0.3 is 0 Å². The molecule has 0 unspecified atom stereocenters. The number of nitriles is 1. The van der Waals surface area contributed by atoms with Gasteiger partial charge in [-0.1, -0.05) is 13.8 Å². The molecule has 96 valence electrons. The zero-order chi connectivity index (χ0) is 13.4. The van der Waals surface area contributed by atoms with E-state index in [1.807, 2.05) is 29.1 Å². The van der Waals surface area contributed by atoms with Gasteiger partial charge < -0.3 is 4.74 Å². The SMILES string of the molecule is CC(C)c1ccn(-c2ccc(C#N)c3c2OCC3)n1. The van der Waals surface area contributed by atoms with Gasteiger partial charge in [0.2, 0.25) is 0 Å². The van der Waals surface area contributed by atoms with Gasteiger partial charge in [-0.25, -0.2) is 4.68 Å². The lowest BCUT2D eigenvalue weighted by molar-refractivity contribution is 0.355. The Bertz CT molecular complexity index is 665. The van der Waals surface area contributed by atoms with E-state index in [-0.39, 0.29) is 0 Å². The quantitative estimate of drug-likeness (QED) is 0.827. The predicted octanol–water partition coefficient (Wildman–Crippen LogP) is 2.80. The molecule has 0 spiro atoms. The topological polar surface area (TPSA) is 50.8 Å². The maximum Gasteiger partial charge on any atom is 0.149 e. The van der Waals surface area contributed by atoms with Crippen molar-refractivity contribution in [3.8, 4) is 17.5 Å². The fourth-order valence-electron chi connectivity index (χ4n) is 2.35.